The topological polar surface area (TPSA) is 24.9 Å². The number of pyridine rings is 1. The number of nitrogens with one attached hydrogen (secondary N) is 1. The average molecular weight is 278 g/mol. The van der Waals surface area contributed by atoms with Crippen LogP contribution in [0.3, 0.4) is 0 Å². The third kappa shape index (κ3) is 1.85. The molecule has 3 aliphatic rings. The number of aryl methyl sites for hydroxylation is 1. The van der Waals surface area contributed by atoms with Gasteiger partial charge in [0.1, 0.15) is 0 Å². The molecule has 108 valence electrons. The molecule has 2 heteroatoms. The summed E-state index contributed by atoms with van der Waals surface area (Å²) in [5.41, 5.74) is 3.60. The first-order chi connectivity index (χ1) is 10.3. The predicted octanol–water partition coefficient (Wildman–Crippen LogP) is 3.68. The predicted molar refractivity (Wildman–Crippen MR) is 84.9 cm³/mol. The van der Waals surface area contributed by atoms with Gasteiger partial charge in [-0.25, -0.2) is 0 Å². The van der Waals surface area contributed by atoms with Crippen LogP contribution in [0.5, 0.6) is 0 Å². The minimum Gasteiger partial charge on any atom is -0.309 e. The third-order valence-corrected chi connectivity index (χ3v) is 6.17. The number of aromatic nitrogens is 1. The van der Waals surface area contributed by atoms with Gasteiger partial charge >= 0.3 is 0 Å². The highest BCUT2D eigenvalue weighted by Crippen LogP contribution is 2.65. The fourth-order valence-electron chi connectivity index (χ4n) is 5.22. The van der Waals surface area contributed by atoms with Gasteiger partial charge in [-0.05, 0) is 73.6 Å². The normalized spacial score (nSPS) is 36.1. The summed E-state index contributed by atoms with van der Waals surface area (Å²) < 4.78 is 0. The molecule has 0 spiro atoms. The summed E-state index contributed by atoms with van der Waals surface area (Å²) in [6, 6.07) is 11.8. The van der Waals surface area contributed by atoms with E-state index in [1.54, 1.807) is 0 Å². The molecule has 0 amide bonds. The number of benzene rings is 1. The van der Waals surface area contributed by atoms with Crippen molar-refractivity contribution >= 4 is 10.9 Å². The molecule has 1 aromatic heterocycles. The Morgan fingerprint density at radius 1 is 1.10 bits per heavy atom. The van der Waals surface area contributed by atoms with E-state index < -0.39 is 0 Å². The Morgan fingerprint density at radius 3 is 2.71 bits per heavy atom. The zero-order valence-electron chi connectivity index (χ0n) is 12.5. The smallest absolute Gasteiger partial charge is 0.0705 e. The van der Waals surface area contributed by atoms with E-state index in [1.807, 2.05) is 0 Å². The molecule has 4 unspecified atom stereocenters. The van der Waals surface area contributed by atoms with Crippen molar-refractivity contribution in [3.05, 3.63) is 41.6 Å². The fourth-order valence-corrected chi connectivity index (χ4v) is 5.22. The van der Waals surface area contributed by atoms with E-state index in [1.165, 1.54) is 30.2 Å². The van der Waals surface area contributed by atoms with Gasteiger partial charge in [0.15, 0.2) is 0 Å². The minimum atomic E-state index is 0.822. The first-order valence-electron chi connectivity index (χ1n) is 8.39. The maximum absolute atomic E-state index is 4.58. The van der Waals surface area contributed by atoms with Crippen molar-refractivity contribution in [1.29, 1.82) is 0 Å². The van der Waals surface area contributed by atoms with Crippen LogP contribution in [0.25, 0.3) is 10.9 Å². The van der Waals surface area contributed by atoms with Gasteiger partial charge in [-0.2, -0.15) is 0 Å². The maximum Gasteiger partial charge on any atom is 0.0705 e. The number of fused-ring (bicyclic) bond motifs is 6. The Bertz CT molecular complexity index is 692. The second kappa shape index (κ2) is 4.30. The number of rotatable bonds is 3. The van der Waals surface area contributed by atoms with Crippen LogP contribution in [0, 0.1) is 30.6 Å². The Morgan fingerprint density at radius 2 is 1.90 bits per heavy atom. The highest BCUT2D eigenvalue weighted by molar-refractivity contribution is 5.79. The van der Waals surface area contributed by atoms with Crippen molar-refractivity contribution in [3.8, 4) is 0 Å². The van der Waals surface area contributed by atoms with Crippen LogP contribution in [-0.2, 0) is 6.54 Å². The van der Waals surface area contributed by atoms with Crippen molar-refractivity contribution in [1.82, 2.24) is 10.3 Å². The van der Waals surface area contributed by atoms with Crippen LogP contribution in [0.4, 0.5) is 0 Å². The molecule has 21 heavy (non-hydrogen) atoms. The lowest BCUT2D eigenvalue weighted by atomic mass is 10.0. The number of nitrogens with zero attached hydrogens (tertiary/aromatic N) is 1. The highest BCUT2D eigenvalue weighted by atomic mass is 15.0. The second-order valence-corrected chi connectivity index (χ2v) is 7.37. The Hall–Kier alpha value is -1.41. The largest absolute Gasteiger partial charge is 0.309 e. The summed E-state index contributed by atoms with van der Waals surface area (Å²) in [6.45, 7) is 3.07. The molecule has 1 aromatic carbocycles. The SMILES string of the molecule is Cc1ccc2cc(CNC3C4C5CCC(C5)C34)ccc2n1. The van der Waals surface area contributed by atoms with Crippen molar-refractivity contribution in [2.75, 3.05) is 0 Å². The number of hydrogen-bond acceptors (Lipinski definition) is 2. The van der Waals surface area contributed by atoms with E-state index in [0.717, 1.165) is 47.5 Å². The van der Waals surface area contributed by atoms with Gasteiger partial charge in [0, 0.05) is 23.7 Å². The van der Waals surface area contributed by atoms with Gasteiger partial charge in [-0.15, -0.1) is 0 Å². The molecule has 2 bridgehead atoms. The molecule has 5 rings (SSSR count). The van der Waals surface area contributed by atoms with Gasteiger partial charge in [0.25, 0.3) is 0 Å². The van der Waals surface area contributed by atoms with Crippen LogP contribution in [0.2, 0.25) is 0 Å². The maximum atomic E-state index is 4.58. The molecule has 0 radical (unpaired) electrons. The Balaban J connectivity index is 1.30. The zero-order chi connectivity index (χ0) is 14.0. The van der Waals surface area contributed by atoms with Crippen LogP contribution in [-0.4, -0.2) is 11.0 Å². The first kappa shape index (κ1) is 12.2. The fraction of sp³-hybridized carbons (Fsp3) is 0.526. The third-order valence-electron chi connectivity index (χ3n) is 6.17. The van der Waals surface area contributed by atoms with E-state index in [9.17, 15) is 0 Å². The monoisotopic (exact) mass is 278 g/mol. The van der Waals surface area contributed by atoms with E-state index in [-0.39, 0.29) is 0 Å². The molecule has 3 saturated carbocycles. The quantitative estimate of drug-likeness (QED) is 0.926. The Kier molecular flexibility index (Phi) is 2.49. The molecule has 4 atom stereocenters. The lowest BCUT2D eigenvalue weighted by Crippen LogP contribution is -2.22. The molecule has 3 fully saturated rings. The van der Waals surface area contributed by atoms with Gasteiger partial charge in [0.05, 0.1) is 5.52 Å². The zero-order valence-corrected chi connectivity index (χ0v) is 12.5. The average Bonchev–Trinajstić information content (AvgIpc) is 2.88. The summed E-state index contributed by atoms with van der Waals surface area (Å²) in [5, 5.41) is 5.09. The second-order valence-electron chi connectivity index (χ2n) is 7.37. The van der Waals surface area contributed by atoms with E-state index in [0.29, 0.717) is 0 Å². The van der Waals surface area contributed by atoms with Gasteiger partial charge in [-0.1, -0.05) is 12.1 Å². The van der Waals surface area contributed by atoms with Crippen molar-refractivity contribution < 1.29 is 0 Å². The van der Waals surface area contributed by atoms with Gasteiger partial charge in [0.2, 0.25) is 0 Å². The molecule has 0 saturated heterocycles. The van der Waals surface area contributed by atoms with Crippen molar-refractivity contribution in [2.24, 2.45) is 23.7 Å². The lowest BCUT2D eigenvalue weighted by molar-refractivity contribution is 0.456. The van der Waals surface area contributed by atoms with Crippen molar-refractivity contribution in [3.63, 3.8) is 0 Å². The van der Waals surface area contributed by atoms with Gasteiger partial charge in [-0.3, -0.25) is 4.98 Å². The Labute approximate surface area is 126 Å². The van der Waals surface area contributed by atoms with Crippen LogP contribution < -0.4 is 5.32 Å². The molecular weight excluding hydrogens is 256 g/mol. The highest BCUT2D eigenvalue weighted by Gasteiger charge is 2.64. The summed E-state index contributed by atoms with van der Waals surface area (Å²) in [6.07, 6.45) is 4.55. The van der Waals surface area contributed by atoms with Crippen molar-refractivity contribution in [2.45, 2.75) is 38.8 Å². The van der Waals surface area contributed by atoms with Crippen LogP contribution in [0.15, 0.2) is 30.3 Å². The first-order valence-corrected chi connectivity index (χ1v) is 8.39. The molecule has 3 aliphatic carbocycles. The van der Waals surface area contributed by atoms with E-state index >= 15 is 0 Å². The summed E-state index contributed by atoms with van der Waals surface area (Å²) in [7, 11) is 0. The van der Waals surface area contributed by atoms with Gasteiger partial charge < -0.3 is 5.32 Å². The number of hydrogen-bond donors (Lipinski definition) is 1. The standard InChI is InChI=1S/C19H22N2/c1-11-2-4-13-8-12(3-7-16(13)21-11)10-20-19-17-14-5-6-15(9-14)18(17)19/h2-4,7-8,14-15,17-20H,5-6,9-10H2,1H3. The summed E-state index contributed by atoms with van der Waals surface area (Å²) >= 11 is 0. The molecule has 2 nitrogen and oxygen atoms in total. The summed E-state index contributed by atoms with van der Waals surface area (Å²) in [4.78, 5) is 4.58. The molecule has 1 N–H and O–H groups in total. The van der Waals surface area contributed by atoms with Crippen LogP contribution in [0.1, 0.15) is 30.5 Å². The molecule has 0 aliphatic heterocycles. The van der Waals surface area contributed by atoms with E-state index in [2.05, 4.69) is 47.6 Å². The molecule has 2 aromatic rings. The molecular formula is C19H22N2. The molecule has 1 heterocycles. The van der Waals surface area contributed by atoms with E-state index in [4.69, 9.17) is 0 Å². The van der Waals surface area contributed by atoms with Crippen LogP contribution >= 0.6 is 0 Å². The summed E-state index contributed by atoms with van der Waals surface area (Å²) in [5.74, 6) is 4.16. The minimum absolute atomic E-state index is 0.822. The lowest BCUT2D eigenvalue weighted by Gasteiger charge is -2.11.